The topological polar surface area (TPSA) is 33.1 Å². The zero-order chi connectivity index (χ0) is 8.10. The molecule has 2 heteroatoms. The Morgan fingerprint density at radius 3 is 3.00 bits per heavy atom. The van der Waals surface area contributed by atoms with Crippen molar-refractivity contribution in [3.05, 3.63) is 29.6 Å². The van der Waals surface area contributed by atoms with Gasteiger partial charge in [0.1, 0.15) is 0 Å². The van der Waals surface area contributed by atoms with Gasteiger partial charge in [0, 0.05) is 18.5 Å². The highest BCUT2D eigenvalue weighted by Crippen LogP contribution is 2.02. The van der Waals surface area contributed by atoms with Gasteiger partial charge in [0.25, 0.3) is 0 Å². The molecule has 11 heavy (non-hydrogen) atoms. The Bertz CT molecular complexity index is 223. The number of aromatic nitrogens is 1. The lowest BCUT2D eigenvalue weighted by atomic mass is 10.1. The van der Waals surface area contributed by atoms with Crippen LogP contribution in [0, 0.1) is 0 Å². The number of hydrogen-bond donors (Lipinski definition) is 1. The summed E-state index contributed by atoms with van der Waals surface area (Å²) in [5.41, 5.74) is 2.26. The second-order valence-corrected chi connectivity index (χ2v) is 2.48. The first-order chi connectivity index (χ1) is 5.36. The monoisotopic (exact) mass is 151 g/mol. The minimum absolute atomic E-state index is 0.215. The molecule has 1 N–H and O–H groups in total. The summed E-state index contributed by atoms with van der Waals surface area (Å²) in [5, 5.41) is 8.66. The summed E-state index contributed by atoms with van der Waals surface area (Å²) >= 11 is 0. The van der Waals surface area contributed by atoms with Gasteiger partial charge in [-0.05, 0) is 30.5 Å². The summed E-state index contributed by atoms with van der Waals surface area (Å²) in [7, 11) is 0. The number of pyridine rings is 1. The fraction of sp³-hybridized carbons (Fsp3) is 0.444. The van der Waals surface area contributed by atoms with E-state index in [1.165, 1.54) is 5.56 Å². The fourth-order valence-electron chi connectivity index (χ4n) is 1.01. The molecule has 0 saturated carbocycles. The van der Waals surface area contributed by atoms with E-state index in [0.29, 0.717) is 0 Å². The second-order valence-electron chi connectivity index (χ2n) is 2.48. The molecule has 0 aromatic carbocycles. The maximum Gasteiger partial charge on any atom is 0.0471 e. The summed E-state index contributed by atoms with van der Waals surface area (Å²) in [4.78, 5) is 4.16. The maximum absolute atomic E-state index is 8.66. The van der Waals surface area contributed by atoms with Crippen LogP contribution in [0.15, 0.2) is 18.3 Å². The molecule has 60 valence electrons. The van der Waals surface area contributed by atoms with Crippen LogP contribution in [0.25, 0.3) is 0 Å². The van der Waals surface area contributed by atoms with E-state index in [9.17, 15) is 0 Å². The van der Waals surface area contributed by atoms with Gasteiger partial charge in [-0.3, -0.25) is 4.98 Å². The van der Waals surface area contributed by atoms with E-state index in [2.05, 4.69) is 11.9 Å². The van der Waals surface area contributed by atoms with Crippen LogP contribution in [0.4, 0.5) is 0 Å². The van der Waals surface area contributed by atoms with Crippen LogP contribution in [0.2, 0.25) is 0 Å². The predicted molar refractivity (Wildman–Crippen MR) is 44.4 cm³/mol. The van der Waals surface area contributed by atoms with Gasteiger partial charge in [0.15, 0.2) is 0 Å². The Labute approximate surface area is 66.9 Å². The molecule has 1 heterocycles. The molecular weight excluding hydrogens is 138 g/mol. The van der Waals surface area contributed by atoms with E-state index in [1.807, 2.05) is 12.1 Å². The van der Waals surface area contributed by atoms with Crippen LogP contribution >= 0.6 is 0 Å². The second kappa shape index (κ2) is 4.09. The van der Waals surface area contributed by atoms with E-state index in [1.54, 1.807) is 6.20 Å². The van der Waals surface area contributed by atoms with Crippen LogP contribution in [-0.2, 0) is 12.8 Å². The third-order valence-electron chi connectivity index (χ3n) is 1.64. The highest BCUT2D eigenvalue weighted by Gasteiger charge is 1.93. The molecular formula is C9H13NO. The summed E-state index contributed by atoms with van der Waals surface area (Å²) in [6, 6.07) is 3.98. The first-order valence-corrected chi connectivity index (χ1v) is 3.91. The lowest BCUT2D eigenvalue weighted by Crippen LogP contribution is -1.93. The molecule has 0 saturated heterocycles. The number of rotatable bonds is 3. The third kappa shape index (κ3) is 2.31. The highest BCUT2D eigenvalue weighted by atomic mass is 16.2. The molecule has 0 amide bonds. The van der Waals surface area contributed by atoms with Gasteiger partial charge < -0.3 is 5.11 Å². The number of aryl methyl sites for hydroxylation is 1. The van der Waals surface area contributed by atoms with E-state index in [-0.39, 0.29) is 6.61 Å². The van der Waals surface area contributed by atoms with E-state index in [4.69, 9.17) is 5.11 Å². The van der Waals surface area contributed by atoms with Crippen molar-refractivity contribution >= 4 is 0 Å². The van der Waals surface area contributed by atoms with Gasteiger partial charge in [-0.25, -0.2) is 0 Å². The summed E-state index contributed by atoms with van der Waals surface area (Å²) in [6.45, 7) is 2.29. The lowest BCUT2D eigenvalue weighted by molar-refractivity contribution is 0.299. The van der Waals surface area contributed by atoms with Crippen molar-refractivity contribution in [3.63, 3.8) is 0 Å². The normalized spacial score (nSPS) is 10.0. The molecule has 1 aromatic rings. The molecule has 1 aromatic heterocycles. The standard InChI is InChI=1S/C9H13NO/c1-2-9-7-8(4-6-11)3-5-10-9/h3,5,7,11H,2,4,6H2,1H3. The van der Waals surface area contributed by atoms with Gasteiger partial charge in [-0.15, -0.1) is 0 Å². The molecule has 0 bridgehead atoms. The average molecular weight is 151 g/mol. The Hall–Kier alpha value is -0.890. The lowest BCUT2D eigenvalue weighted by Gasteiger charge is -1.99. The van der Waals surface area contributed by atoms with Gasteiger partial charge in [-0.1, -0.05) is 6.92 Å². The molecule has 0 aliphatic rings. The van der Waals surface area contributed by atoms with Crippen molar-refractivity contribution < 1.29 is 5.11 Å². The maximum atomic E-state index is 8.66. The van der Waals surface area contributed by atoms with E-state index >= 15 is 0 Å². The molecule has 0 aliphatic carbocycles. The minimum atomic E-state index is 0.215. The zero-order valence-corrected chi connectivity index (χ0v) is 6.75. The zero-order valence-electron chi connectivity index (χ0n) is 6.75. The first-order valence-electron chi connectivity index (χ1n) is 3.91. The Morgan fingerprint density at radius 1 is 1.55 bits per heavy atom. The molecule has 0 unspecified atom stereocenters. The van der Waals surface area contributed by atoms with Crippen LogP contribution in [-0.4, -0.2) is 16.7 Å². The Balaban J connectivity index is 2.74. The molecule has 0 fully saturated rings. The van der Waals surface area contributed by atoms with Gasteiger partial charge >= 0.3 is 0 Å². The van der Waals surface area contributed by atoms with Crippen molar-refractivity contribution in [2.75, 3.05) is 6.61 Å². The van der Waals surface area contributed by atoms with E-state index in [0.717, 1.165) is 18.5 Å². The van der Waals surface area contributed by atoms with Crippen molar-refractivity contribution in [1.82, 2.24) is 4.98 Å². The van der Waals surface area contributed by atoms with Gasteiger partial charge in [-0.2, -0.15) is 0 Å². The van der Waals surface area contributed by atoms with Crippen LogP contribution in [0.3, 0.4) is 0 Å². The smallest absolute Gasteiger partial charge is 0.0471 e. The molecule has 0 aliphatic heterocycles. The number of aliphatic hydroxyl groups is 1. The molecule has 1 rings (SSSR count). The highest BCUT2D eigenvalue weighted by molar-refractivity contribution is 5.16. The van der Waals surface area contributed by atoms with Crippen LogP contribution < -0.4 is 0 Å². The van der Waals surface area contributed by atoms with Crippen molar-refractivity contribution in [1.29, 1.82) is 0 Å². The summed E-state index contributed by atoms with van der Waals surface area (Å²) in [5.74, 6) is 0. The fourth-order valence-corrected chi connectivity index (χ4v) is 1.01. The number of aliphatic hydroxyl groups excluding tert-OH is 1. The molecule has 2 nitrogen and oxygen atoms in total. The van der Waals surface area contributed by atoms with Gasteiger partial charge in [0.2, 0.25) is 0 Å². The third-order valence-corrected chi connectivity index (χ3v) is 1.64. The van der Waals surface area contributed by atoms with Crippen molar-refractivity contribution in [2.24, 2.45) is 0 Å². The largest absolute Gasteiger partial charge is 0.396 e. The Morgan fingerprint density at radius 2 is 2.36 bits per heavy atom. The van der Waals surface area contributed by atoms with Crippen LogP contribution in [0.5, 0.6) is 0 Å². The summed E-state index contributed by atoms with van der Waals surface area (Å²) in [6.07, 6.45) is 3.48. The molecule has 0 spiro atoms. The molecule has 0 radical (unpaired) electrons. The van der Waals surface area contributed by atoms with Crippen LogP contribution in [0.1, 0.15) is 18.2 Å². The number of nitrogens with zero attached hydrogens (tertiary/aromatic N) is 1. The first kappa shape index (κ1) is 8.21. The van der Waals surface area contributed by atoms with E-state index < -0.39 is 0 Å². The quantitative estimate of drug-likeness (QED) is 0.703. The van der Waals surface area contributed by atoms with Crippen molar-refractivity contribution in [3.8, 4) is 0 Å². The molecule has 0 atom stereocenters. The van der Waals surface area contributed by atoms with Crippen molar-refractivity contribution in [2.45, 2.75) is 19.8 Å². The Kier molecular flexibility index (Phi) is 3.05. The summed E-state index contributed by atoms with van der Waals surface area (Å²) < 4.78 is 0. The average Bonchev–Trinajstić information content (AvgIpc) is 2.06. The SMILES string of the molecule is CCc1cc(CCO)ccn1. The number of hydrogen-bond acceptors (Lipinski definition) is 2. The van der Waals surface area contributed by atoms with Gasteiger partial charge in [0.05, 0.1) is 0 Å². The predicted octanol–water partition coefficient (Wildman–Crippen LogP) is 1.18. The minimum Gasteiger partial charge on any atom is -0.396 e.